The molecule has 0 aliphatic carbocycles. The fraction of sp³-hybridized carbons (Fsp3) is 0.367. The lowest BCUT2D eigenvalue weighted by atomic mass is 10.0. The Morgan fingerprint density at radius 1 is 0.884 bits per heavy atom. The van der Waals surface area contributed by atoms with Gasteiger partial charge in [-0.25, -0.2) is 0 Å². The van der Waals surface area contributed by atoms with Crippen LogP contribution in [0.3, 0.4) is 0 Å². The molecule has 0 bridgehead atoms. The average molecular weight is 611 g/mol. The van der Waals surface area contributed by atoms with Gasteiger partial charge in [0.05, 0.1) is 12.5 Å². The molecular formula is C30H38N6O6S. The molecule has 43 heavy (non-hydrogen) atoms. The number of amides is 4. The van der Waals surface area contributed by atoms with Crippen LogP contribution in [-0.4, -0.2) is 75.9 Å². The lowest BCUT2D eigenvalue weighted by molar-refractivity contribution is -0.141. The van der Waals surface area contributed by atoms with E-state index in [-0.39, 0.29) is 19.3 Å². The molecule has 9 N–H and O–H groups in total. The second-order valence-corrected chi connectivity index (χ2v) is 11.3. The number of aromatic nitrogens is 1. The first-order chi connectivity index (χ1) is 20.5. The highest BCUT2D eigenvalue weighted by Crippen LogP contribution is 2.19. The van der Waals surface area contributed by atoms with Gasteiger partial charge in [0.1, 0.15) is 18.1 Å². The van der Waals surface area contributed by atoms with Crippen LogP contribution in [0.5, 0.6) is 0 Å². The van der Waals surface area contributed by atoms with Crippen LogP contribution in [-0.2, 0) is 36.8 Å². The highest BCUT2D eigenvalue weighted by atomic mass is 32.2. The predicted octanol–water partition coefficient (Wildman–Crippen LogP) is 0.756. The van der Waals surface area contributed by atoms with E-state index in [0.717, 1.165) is 27.6 Å². The first-order valence-corrected chi connectivity index (χ1v) is 15.1. The number of benzene rings is 2. The van der Waals surface area contributed by atoms with Crippen molar-refractivity contribution in [3.8, 4) is 0 Å². The zero-order chi connectivity index (χ0) is 31.5. The zero-order valence-corrected chi connectivity index (χ0v) is 24.9. The Kier molecular flexibility index (Phi) is 12.1. The van der Waals surface area contributed by atoms with Crippen LogP contribution in [0, 0.1) is 6.92 Å². The van der Waals surface area contributed by atoms with Gasteiger partial charge in [-0.1, -0.05) is 48.0 Å². The molecule has 0 aliphatic heterocycles. The van der Waals surface area contributed by atoms with Gasteiger partial charge in [-0.05, 0) is 49.0 Å². The highest BCUT2D eigenvalue weighted by molar-refractivity contribution is 7.98. The fourth-order valence-corrected chi connectivity index (χ4v) is 5.00. The van der Waals surface area contributed by atoms with Gasteiger partial charge in [0.2, 0.25) is 23.6 Å². The summed E-state index contributed by atoms with van der Waals surface area (Å²) < 4.78 is 0. The van der Waals surface area contributed by atoms with Crippen molar-refractivity contribution in [2.45, 2.75) is 56.8 Å². The Hall–Kier alpha value is -4.36. The lowest BCUT2D eigenvalue weighted by Crippen LogP contribution is -2.58. The number of H-pyrrole nitrogens is 1. The summed E-state index contributed by atoms with van der Waals surface area (Å²) in [5.74, 6) is -3.89. The number of para-hydroxylation sites is 1. The molecule has 0 fully saturated rings. The van der Waals surface area contributed by atoms with Crippen molar-refractivity contribution in [3.05, 3.63) is 71.4 Å². The van der Waals surface area contributed by atoms with Gasteiger partial charge < -0.3 is 37.5 Å². The molecule has 0 aliphatic rings. The Bertz CT molecular complexity index is 1440. The minimum absolute atomic E-state index is 0.0792. The molecule has 4 amide bonds. The Morgan fingerprint density at radius 3 is 2.16 bits per heavy atom. The van der Waals surface area contributed by atoms with E-state index in [1.807, 2.05) is 49.6 Å². The Labute approximate surface area is 253 Å². The number of thioether (sulfide) groups is 1. The molecule has 12 nitrogen and oxygen atoms in total. The molecule has 3 rings (SSSR count). The number of hydrogen-bond acceptors (Lipinski definition) is 7. The van der Waals surface area contributed by atoms with Crippen molar-refractivity contribution in [2.75, 3.05) is 12.0 Å². The molecule has 230 valence electrons. The van der Waals surface area contributed by atoms with Crippen molar-refractivity contribution in [1.29, 1.82) is 0 Å². The van der Waals surface area contributed by atoms with Gasteiger partial charge in [-0.15, -0.1) is 0 Å². The average Bonchev–Trinajstić information content (AvgIpc) is 3.37. The quantitative estimate of drug-likeness (QED) is 0.123. The summed E-state index contributed by atoms with van der Waals surface area (Å²) in [6.07, 6.45) is 3.36. The molecule has 1 aromatic heterocycles. The summed E-state index contributed by atoms with van der Waals surface area (Å²) in [5, 5.41) is 17.9. The SMILES string of the molecule is CSCC[C@H](NC(=O)[C@H](N)Cc1c[nH]c2ccccc12)C(=O)N[C@@H](CC(=O)O)C(=O)N[C@@H](Cc1ccc(C)cc1)C(N)=O. The van der Waals surface area contributed by atoms with Gasteiger partial charge in [0, 0.05) is 23.5 Å². The van der Waals surface area contributed by atoms with Gasteiger partial charge in [0.25, 0.3) is 0 Å². The van der Waals surface area contributed by atoms with Gasteiger partial charge in [-0.2, -0.15) is 11.8 Å². The number of nitrogens with two attached hydrogens (primary N) is 2. The van der Waals surface area contributed by atoms with Gasteiger partial charge in [0.15, 0.2) is 0 Å². The van der Waals surface area contributed by atoms with E-state index in [4.69, 9.17) is 11.5 Å². The molecule has 0 spiro atoms. The van der Waals surface area contributed by atoms with Gasteiger partial charge >= 0.3 is 5.97 Å². The molecule has 4 atom stereocenters. The van der Waals surface area contributed by atoms with Crippen LogP contribution in [0.4, 0.5) is 0 Å². The topological polar surface area (TPSA) is 209 Å². The Morgan fingerprint density at radius 2 is 1.51 bits per heavy atom. The van der Waals surface area contributed by atoms with Crippen molar-refractivity contribution < 1.29 is 29.1 Å². The number of carboxylic acids is 1. The fourth-order valence-electron chi connectivity index (χ4n) is 4.52. The number of aliphatic carboxylic acids is 1. The van der Waals surface area contributed by atoms with Gasteiger partial charge in [-0.3, -0.25) is 24.0 Å². The van der Waals surface area contributed by atoms with E-state index in [2.05, 4.69) is 20.9 Å². The number of carboxylic acid groups (broad SMARTS) is 1. The molecule has 0 saturated heterocycles. The number of carbonyl (C=O) groups is 5. The maximum Gasteiger partial charge on any atom is 0.305 e. The van der Waals surface area contributed by atoms with E-state index in [9.17, 15) is 29.1 Å². The van der Waals surface area contributed by atoms with Crippen LogP contribution in [0.1, 0.15) is 29.5 Å². The summed E-state index contributed by atoms with van der Waals surface area (Å²) in [5.41, 5.74) is 15.2. The molecular weight excluding hydrogens is 572 g/mol. The second kappa shape index (κ2) is 15.8. The third kappa shape index (κ3) is 9.86. The third-order valence-electron chi connectivity index (χ3n) is 6.93. The first kappa shape index (κ1) is 33.1. The minimum Gasteiger partial charge on any atom is -0.481 e. The van der Waals surface area contributed by atoms with E-state index in [1.54, 1.807) is 18.3 Å². The van der Waals surface area contributed by atoms with Crippen LogP contribution >= 0.6 is 11.8 Å². The standard InChI is InChI=1S/C30H38N6O6S/c1-17-7-9-18(10-8-17)13-24(27(32)39)35-30(42)25(15-26(37)38)36-29(41)23(11-12-43-2)34-28(40)21(31)14-19-16-33-22-6-4-3-5-20(19)22/h3-10,16,21,23-25,33H,11-15,31H2,1-2H3,(H2,32,39)(H,34,40)(H,35,42)(H,36,41)(H,37,38)/t21-,23+,24+,25+/m1/s1. The number of primary amides is 1. The van der Waals surface area contributed by atoms with E-state index in [1.165, 1.54) is 11.8 Å². The molecule has 2 aromatic carbocycles. The number of nitrogens with one attached hydrogen (secondary N) is 4. The van der Waals surface area contributed by atoms with E-state index >= 15 is 0 Å². The molecule has 0 unspecified atom stereocenters. The maximum atomic E-state index is 13.3. The van der Waals surface area contributed by atoms with Crippen molar-refractivity contribution in [1.82, 2.24) is 20.9 Å². The van der Waals surface area contributed by atoms with Crippen LogP contribution < -0.4 is 27.4 Å². The number of hydrogen-bond donors (Lipinski definition) is 7. The third-order valence-corrected chi connectivity index (χ3v) is 7.57. The van der Waals surface area contributed by atoms with Crippen LogP contribution in [0.15, 0.2) is 54.7 Å². The summed E-state index contributed by atoms with van der Waals surface area (Å²) in [6.45, 7) is 1.91. The predicted molar refractivity (Wildman–Crippen MR) is 165 cm³/mol. The molecule has 1 heterocycles. The molecule has 3 aromatic rings. The summed E-state index contributed by atoms with van der Waals surface area (Å²) in [7, 11) is 0. The first-order valence-electron chi connectivity index (χ1n) is 13.8. The van der Waals surface area contributed by atoms with E-state index < -0.39 is 60.2 Å². The van der Waals surface area contributed by atoms with Crippen LogP contribution in [0.25, 0.3) is 10.9 Å². The zero-order valence-electron chi connectivity index (χ0n) is 24.1. The number of fused-ring (bicyclic) bond motifs is 1. The number of aryl methyl sites for hydroxylation is 1. The molecule has 0 radical (unpaired) electrons. The second-order valence-electron chi connectivity index (χ2n) is 10.3. The number of aromatic amines is 1. The van der Waals surface area contributed by atoms with Crippen molar-refractivity contribution in [2.24, 2.45) is 11.5 Å². The minimum atomic E-state index is -1.53. The maximum absolute atomic E-state index is 13.3. The van der Waals surface area contributed by atoms with Crippen molar-refractivity contribution in [3.63, 3.8) is 0 Å². The summed E-state index contributed by atoms with van der Waals surface area (Å²) in [4.78, 5) is 66.3. The smallest absolute Gasteiger partial charge is 0.305 e. The van der Waals surface area contributed by atoms with E-state index in [0.29, 0.717) is 5.75 Å². The molecule has 13 heteroatoms. The van der Waals surface area contributed by atoms with Crippen LogP contribution in [0.2, 0.25) is 0 Å². The Balaban J connectivity index is 1.69. The number of carbonyl (C=O) groups excluding carboxylic acids is 4. The summed E-state index contributed by atoms with van der Waals surface area (Å²) in [6, 6.07) is 10.1. The number of rotatable bonds is 16. The lowest BCUT2D eigenvalue weighted by Gasteiger charge is -2.25. The normalized spacial score (nSPS) is 13.8. The largest absolute Gasteiger partial charge is 0.481 e. The monoisotopic (exact) mass is 610 g/mol. The van der Waals surface area contributed by atoms with Crippen molar-refractivity contribution >= 4 is 52.3 Å². The highest BCUT2D eigenvalue weighted by Gasteiger charge is 2.31. The summed E-state index contributed by atoms with van der Waals surface area (Å²) >= 11 is 1.45. The molecule has 0 saturated carbocycles.